The molecule has 1 aromatic carbocycles. The summed E-state index contributed by atoms with van der Waals surface area (Å²) in [6.45, 7) is 2.22. The molecule has 3 amide bonds. The van der Waals surface area contributed by atoms with E-state index in [1.54, 1.807) is 37.1 Å². The third-order valence-corrected chi connectivity index (χ3v) is 4.36. The molecule has 1 aliphatic heterocycles. The molecule has 0 unspecified atom stereocenters. The Labute approximate surface area is 166 Å². The van der Waals surface area contributed by atoms with Gasteiger partial charge in [-0.3, -0.25) is 9.69 Å². The Morgan fingerprint density at radius 2 is 2.04 bits per heavy atom. The van der Waals surface area contributed by atoms with Crippen LogP contribution in [0.1, 0.15) is 6.92 Å². The van der Waals surface area contributed by atoms with Crippen molar-refractivity contribution in [2.75, 3.05) is 38.6 Å². The van der Waals surface area contributed by atoms with Crippen molar-refractivity contribution in [3.63, 3.8) is 0 Å². The average Bonchev–Trinajstić information content (AvgIpc) is 2.58. The first-order valence-electron chi connectivity index (χ1n) is 8.17. The Bertz CT molecular complexity index is 782. The van der Waals surface area contributed by atoms with Crippen LogP contribution in [0.2, 0.25) is 10.0 Å². The summed E-state index contributed by atoms with van der Waals surface area (Å²) in [5, 5.41) is 8.57. The van der Waals surface area contributed by atoms with Gasteiger partial charge >= 0.3 is 12.0 Å². The van der Waals surface area contributed by atoms with Gasteiger partial charge in [-0.2, -0.15) is 0 Å². The molecule has 0 aromatic heterocycles. The lowest BCUT2D eigenvalue weighted by atomic mass is 10.1. The summed E-state index contributed by atoms with van der Waals surface area (Å²) in [6, 6.07) is 4.37. The van der Waals surface area contributed by atoms with Crippen LogP contribution in [0.5, 0.6) is 0 Å². The number of hydrogen-bond donors (Lipinski definition) is 3. The number of esters is 1. The Hall–Kier alpha value is -2.29. The van der Waals surface area contributed by atoms with Gasteiger partial charge in [0.2, 0.25) is 5.91 Å². The molecule has 0 saturated carbocycles. The van der Waals surface area contributed by atoms with Crippen molar-refractivity contribution < 1.29 is 19.1 Å². The maximum atomic E-state index is 12.2. The van der Waals surface area contributed by atoms with E-state index in [2.05, 4.69) is 16.0 Å². The molecular formula is C17H20Cl2N4O4. The monoisotopic (exact) mass is 414 g/mol. The first-order valence-corrected chi connectivity index (χ1v) is 8.93. The summed E-state index contributed by atoms with van der Waals surface area (Å²) >= 11 is 11.8. The summed E-state index contributed by atoms with van der Waals surface area (Å²) in [5.74, 6) is -0.789. The SMILES string of the molecule is CCOC(=O)C1=C(CN(C)CC(=O)Nc2ccc(Cl)c(Cl)c2)NC(=O)NC1. The molecule has 0 fully saturated rings. The highest BCUT2D eigenvalue weighted by atomic mass is 35.5. The minimum Gasteiger partial charge on any atom is -0.463 e. The van der Waals surface area contributed by atoms with Crippen LogP contribution in [0.3, 0.4) is 0 Å². The first kappa shape index (κ1) is 21.0. The number of urea groups is 1. The molecule has 27 heavy (non-hydrogen) atoms. The number of hydrogen-bond acceptors (Lipinski definition) is 5. The number of halogens is 2. The van der Waals surface area contributed by atoms with Gasteiger partial charge in [0.25, 0.3) is 0 Å². The molecule has 10 heteroatoms. The Balaban J connectivity index is 2.00. The minimum absolute atomic E-state index is 0.0309. The standard InChI is InChI=1S/C17H20Cl2N4O4/c1-3-27-16(25)11-7-20-17(26)22-14(11)8-23(2)9-15(24)21-10-4-5-12(18)13(19)6-10/h4-6H,3,7-9H2,1-2H3,(H,21,24)(H2,20,22,26). The maximum Gasteiger partial charge on any atom is 0.337 e. The predicted molar refractivity (Wildman–Crippen MR) is 103 cm³/mol. The summed E-state index contributed by atoms with van der Waals surface area (Å²) in [6.07, 6.45) is 0. The van der Waals surface area contributed by atoms with Gasteiger partial charge in [-0.1, -0.05) is 23.2 Å². The summed E-state index contributed by atoms with van der Waals surface area (Å²) in [4.78, 5) is 37.5. The first-order chi connectivity index (χ1) is 12.8. The van der Waals surface area contributed by atoms with Crippen molar-refractivity contribution in [2.24, 2.45) is 0 Å². The molecule has 0 bridgehead atoms. The van der Waals surface area contributed by atoms with Gasteiger partial charge in [0.15, 0.2) is 0 Å². The number of nitrogens with one attached hydrogen (secondary N) is 3. The predicted octanol–water partition coefficient (Wildman–Crippen LogP) is 1.99. The zero-order valence-electron chi connectivity index (χ0n) is 14.9. The van der Waals surface area contributed by atoms with Crippen molar-refractivity contribution in [1.82, 2.24) is 15.5 Å². The zero-order valence-corrected chi connectivity index (χ0v) is 16.4. The molecule has 1 aliphatic rings. The van der Waals surface area contributed by atoms with Crippen LogP contribution < -0.4 is 16.0 Å². The van der Waals surface area contributed by atoms with E-state index >= 15 is 0 Å². The van der Waals surface area contributed by atoms with Crippen LogP contribution in [0.25, 0.3) is 0 Å². The van der Waals surface area contributed by atoms with Crippen molar-refractivity contribution >= 4 is 46.8 Å². The molecule has 0 spiro atoms. The molecule has 0 atom stereocenters. The highest BCUT2D eigenvalue weighted by Gasteiger charge is 2.24. The smallest absolute Gasteiger partial charge is 0.337 e. The van der Waals surface area contributed by atoms with Crippen LogP contribution in [0.4, 0.5) is 10.5 Å². The molecule has 146 valence electrons. The largest absolute Gasteiger partial charge is 0.463 e. The fourth-order valence-corrected chi connectivity index (χ4v) is 2.72. The van der Waals surface area contributed by atoms with Gasteiger partial charge in [-0.15, -0.1) is 0 Å². The van der Waals surface area contributed by atoms with E-state index in [0.29, 0.717) is 27.0 Å². The van der Waals surface area contributed by atoms with Crippen molar-refractivity contribution in [2.45, 2.75) is 6.92 Å². The van der Waals surface area contributed by atoms with Gasteiger partial charge in [-0.05, 0) is 32.2 Å². The van der Waals surface area contributed by atoms with Crippen molar-refractivity contribution in [3.8, 4) is 0 Å². The second-order valence-electron chi connectivity index (χ2n) is 5.83. The third kappa shape index (κ3) is 6.13. The maximum absolute atomic E-state index is 12.2. The van der Waals surface area contributed by atoms with Crippen LogP contribution >= 0.6 is 23.2 Å². The number of amides is 3. The molecule has 0 radical (unpaired) electrons. The van der Waals surface area contributed by atoms with Gasteiger partial charge in [0, 0.05) is 17.9 Å². The topological polar surface area (TPSA) is 99.8 Å². The number of anilines is 1. The summed E-state index contributed by atoms with van der Waals surface area (Å²) in [7, 11) is 1.69. The Morgan fingerprint density at radius 3 is 2.70 bits per heavy atom. The number of ether oxygens (including phenoxy) is 1. The fourth-order valence-electron chi connectivity index (χ4n) is 2.43. The molecule has 2 rings (SSSR count). The highest BCUT2D eigenvalue weighted by molar-refractivity contribution is 6.42. The van der Waals surface area contributed by atoms with E-state index in [1.807, 2.05) is 0 Å². The molecule has 3 N–H and O–H groups in total. The number of carbonyl (C=O) groups excluding carboxylic acids is 3. The minimum atomic E-state index is -0.506. The molecule has 0 saturated heterocycles. The van der Waals surface area contributed by atoms with E-state index in [0.717, 1.165) is 0 Å². The van der Waals surface area contributed by atoms with Crippen molar-refractivity contribution in [3.05, 3.63) is 39.5 Å². The van der Waals surface area contributed by atoms with E-state index in [-0.39, 0.29) is 32.1 Å². The summed E-state index contributed by atoms with van der Waals surface area (Å²) in [5.41, 5.74) is 1.25. The van der Waals surface area contributed by atoms with Gasteiger partial charge < -0.3 is 20.7 Å². The van der Waals surface area contributed by atoms with E-state index in [1.165, 1.54) is 0 Å². The number of likely N-dealkylation sites (N-methyl/N-ethyl adjacent to an activating group) is 1. The second-order valence-corrected chi connectivity index (χ2v) is 6.65. The molecule has 8 nitrogen and oxygen atoms in total. The average molecular weight is 415 g/mol. The Kier molecular flexibility index (Phi) is 7.46. The fraction of sp³-hybridized carbons (Fsp3) is 0.353. The van der Waals surface area contributed by atoms with Crippen LogP contribution in [-0.2, 0) is 14.3 Å². The molecule has 1 heterocycles. The highest BCUT2D eigenvalue weighted by Crippen LogP contribution is 2.24. The lowest BCUT2D eigenvalue weighted by Crippen LogP contribution is -2.47. The second kappa shape index (κ2) is 9.59. The number of carbonyl (C=O) groups is 3. The van der Waals surface area contributed by atoms with Crippen molar-refractivity contribution in [1.29, 1.82) is 0 Å². The quantitative estimate of drug-likeness (QED) is 0.592. The number of nitrogens with zero attached hydrogens (tertiary/aromatic N) is 1. The molecule has 1 aromatic rings. The van der Waals surface area contributed by atoms with Gasteiger partial charge in [0.05, 0.1) is 35.3 Å². The summed E-state index contributed by atoms with van der Waals surface area (Å²) < 4.78 is 5.00. The van der Waals surface area contributed by atoms with Gasteiger partial charge in [0.1, 0.15) is 0 Å². The Morgan fingerprint density at radius 1 is 1.30 bits per heavy atom. The zero-order chi connectivity index (χ0) is 20.0. The van der Waals surface area contributed by atoms with Crippen LogP contribution in [-0.4, -0.2) is 56.1 Å². The van der Waals surface area contributed by atoms with Crippen LogP contribution in [0.15, 0.2) is 29.5 Å². The van der Waals surface area contributed by atoms with E-state index < -0.39 is 12.0 Å². The lowest BCUT2D eigenvalue weighted by Gasteiger charge is -2.25. The van der Waals surface area contributed by atoms with Gasteiger partial charge in [-0.25, -0.2) is 9.59 Å². The van der Waals surface area contributed by atoms with Crippen LogP contribution in [0, 0.1) is 0 Å². The normalized spacial score (nSPS) is 13.9. The molecular weight excluding hydrogens is 395 g/mol. The number of benzene rings is 1. The van der Waals surface area contributed by atoms with E-state index in [4.69, 9.17) is 27.9 Å². The third-order valence-electron chi connectivity index (χ3n) is 3.62. The lowest BCUT2D eigenvalue weighted by molar-refractivity contribution is -0.138. The van der Waals surface area contributed by atoms with E-state index in [9.17, 15) is 14.4 Å². The number of rotatable bonds is 7. The molecule has 0 aliphatic carbocycles.